The molecule has 0 aliphatic rings. The molecule has 0 aliphatic heterocycles. The van der Waals surface area contributed by atoms with Gasteiger partial charge in [0.15, 0.2) is 0 Å². The summed E-state index contributed by atoms with van der Waals surface area (Å²) >= 11 is 3.74. The molecule has 0 saturated heterocycles. The highest BCUT2D eigenvalue weighted by Crippen LogP contribution is 2.45. The first kappa shape index (κ1) is 31.5. The molecule has 262 valence electrons. The van der Waals surface area contributed by atoms with E-state index in [0.717, 1.165) is 44.9 Å². The van der Waals surface area contributed by atoms with E-state index in [0.29, 0.717) is 0 Å². The van der Waals surface area contributed by atoms with Crippen LogP contribution in [0.5, 0.6) is 0 Å². The summed E-state index contributed by atoms with van der Waals surface area (Å²) in [5, 5.41) is 19.8. The molecule has 0 aliphatic carbocycles. The summed E-state index contributed by atoms with van der Waals surface area (Å²) in [4.78, 5) is 4.12. The first-order valence-electron chi connectivity index (χ1n) is 18.7. The van der Waals surface area contributed by atoms with Gasteiger partial charge < -0.3 is 4.90 Å². The highest BCUT2D eigenvalue weighted by molar-refractivity contribution is 7.26. The molecule has 0 unspecified atom stereocenters. The standard InChI is InChI=1S/C50H30N4S2/c1-3-9-39-33(7-1)17-27-45-49(39)41-25-23-37(29-47(41)55-45)53(38-24-26-42-48(30-38)56-46-28-18-34-8-2-4-10-40(34)50(42)46)35-19-13-31(14-20-35)32-15-21-36(22-16-32)54-51-43-11-5-6-12-44(43)52-54/h1-30H. The SMILES string of the molecule is c1ccc2c(c1)ccc1sc3cc(N(c4ccc(-c5ccc(-n6nc7ccccc7n6)cc5)cc4)c4ccc5c(c4)sc4ccc6ccccc6c45)ccc3c12. The smallest absolute Gasteiger partial charge is 0.113 e. The molecular formula is C50H30N4S2. The van der Waals surface area contributed by atoms with E-state index in [4.69, 9.17) is 0 Å². The summed E-state index contributed by atoms with van der Waals surface area (Å²) < 4.78 is 5.19. The summed E-state index contributed by atoms with van der Waals surface area (Å²) in [6.45, 7) is 0. The molecule has 56 heavy (non-hydrogen) atoms. The Morgan fingerprint density at radius 1 is 0.375 bits per heavy atom. The topological polar surface area (TPSA) is 34.0 Å². The van der Waals surface area contributed by atoms with Gasteiger partial charge in [0.05, 0.1) is 5.69 Å². The lowest BCUT2D eigenvalue weighted by Gasteiger charge is -2.26. The largest absolute Gasteiger partial charge is 0.310 e. The van der Waals surface area contributed by atoms with E-state index in [-0.39, 0.29) is 0 Å². The normalized spacial score (nSPS) is 11.9. The van der Waals surface area contributed by atoms with E-state index in [2.05, 4.69) is 173 Å². The van der Waals surface area contributed by atoms with Crippen molar-refractivity contribution in [2.75, 3.05) is 4.90 Å². The van der Waals surface area contributed by atoms with Crippen LogP contribution >= 0.6 is 22.7 Å². The van der Waals surface area contributed by atoms with Crippen LogP contribution in [0.25, 0.3) is 89.7 Å². The van der Waals surface area contributed by atoms with Crippen molar-refractivity contribution in [1.29, 1.82) is 0 Å². The molecule has 3 aromatic heterocycles. The minimum atomic E-state index is 0.886. The van der Waals surface area contributed by atoms with Gasteiger partial charge in [-0.2, -0.15) is 4.80 Å². The molecule has 9 aromatic carbocycles. The summed E-state index contributed by atoms with van der Waals surface area (Å²) in [5.74, 6) is 0. The van der Waals surface area contributed by atoms with Gasteiger partial charge in [-0.25, -0.2) is 0 Å². The van der Waals surface area contributed by atoms with Crippen LogP contribution in [-0.2, 0) is 0 Å². The molecular weight excluding hydrogens is 721 g/mol. The predicted molar refractivity (Wildman–Crippen MR) is 240 cm³/mol. The van der Waals surface area contributed by atoms with E-state index < -0.39 is 0 Å². The fraction of sp³-hybridized carbons (Fsp3) is 0. The number of nitrogens with zero attached hydrogens (tertiary/aromatic N) is 4. The molecule has 0 bridgehead atoms. The van der Waals surface area contributed by atoms with Gasteiger partial charge in [-0.3, -0.25) is 0 Å². The number of hydrogen-bond donors (Lipinski definition) is 0. The number of fused-ring (bicyclic) bond motifs is 11. The van der Waals surface area contributed by atoms with Crippen LogP contribution in [0.4, 0.5) is 17.1 Å². The van der Waals surface area contributed by atoms with Crippen molar-refractivity contribution in [3.8, 4) is 16.8 Å². The summed E-state index contributed by atoms with van der Waals surface area (Å²) in [6.07, 6.45) is 0. The van der Waals surface area contributed by atoms with Crippen molar-refractivity contribution in [3.05, 3.63) is 182 Å². The lowest BCUT2D eigenvalue weighted by atomic mass is 10.0. The lowest BCUT2D eigenvalue weighted by molar-refractivity contribution is 0.766. The Hall–Kier alpha value is -6.86. The molecule has 12 aromatic rings. The number of hydrogen-bond acceptors (Lipinski definition) is 5. The van der Waals surface area contributed by atoms with Crippen LogP contribution < -0.4 is 4.90 Å². The van der Waals surface area contributed by atoms with Crippen molar-refractivity contribution in [2.24, 2.45) is 0 Å². The van der Waals surface area contributed by atoms with Crippen LogP contribution in [0.15, 0.2) is 182 Å². The summed E-state index contributed by atoms with van der Waals surface area (Å²) in [5.41, 5.74) is 8.37. The average molecular weight is 751 g/mol. The van der Waals surface area contributed by atoms with E-state index in [9.17, 15) is 0 Å². The van der Waals surface area contributed by atoms with Crippen LogP contribution in [-0.4, -0.2) is 15.0 Å². The molecule has 0 spiro atoms. The average Bonchev–Trinajstić information content (AvgIpc) is 3.97. The molecule has 0 saturated carbocycles. The summed E-state index contributed by atoms with van der Waals surface area (Å²) in [7, 11) is 0. The predicted octanol–water partition coefficient (Wildman–Crippen LogP) is 14.6. The summed E-state index contributed by atoms with van der Waals surface area (Å²) in [6, 6.07) is 65.8. The fourth-order valence-corrected chi connectivity index (χ4v) is 10.7. The molecule has 0 atom stereocenters. The highest BCUT2D eigenvalue weighted by Gasteiger charge is 2.18. The Balaban J connectivity index is 0.976. The number of thiophene rings is 2. The van der Waals surface area contributed by atoms with E-state index in [1.165, 1.54) is 61.9 Å². The third-order valence-electron chi connectivity index (χ3n) is 11.1. The minimum absolute atomic E-state index is 0.886. The molecule has 3 heterocycles. The van der Waals surface area contributed by atoms with Gasteiger partial charge in [0.2, 0.25) is 0 Å². The molecule has 0 N–H and O–H groups in total. The van der Waals surface area contributed by atoms with Gasteiger partial charge in [-0.15, -0.1) is 32.9 Å². The molecule has 12 rings (SSSR count). The maximum Gasteiger partial charge on any atom is 0.113 e. The minimum Gasteiger partial charge on any atom is -0.310 e. The lowest BCUT2D eigenvalue weighted by Crippen LogP contribution is -2.09. The molecule has 0 radical (unpaired) electrons. The number of aromatic nitrogens is 3. The van der Waals surface area contributed by atoms with Gasteiger partial charge >= 0.3 is 0 Å². The highest BCUT2D eigenvalue weighted by atomic mass is 32.1. The maximum absolute atomic E-state index is 4.66. The zero-order valence-corrected chi connectivity index (χ0v) is 31.6. The van der Waals surface area contributed by atoms with Crippen LogP contribution in [0.3, 0.4) is 0 Å². The van der Waals surface area contributed by atoms with Crippen molar-refractivity contribution >= 4 is 113 Å². The Bertz CT molecular complexity index is 3300. The number of rotatable bonds is 5. The fourth-order valence-electron chi connectivity index (χ4n) is 8.36. The van der Waals surface area contributed by atoms with E-state index >= 15 is 0 Å². The van der Waals surface area contributed by atoms with Gasteiger partial charge in [-0.1, -0.05) is 109 Å². The Kier molecular flexibility index (Phi) is 6.93. The van der Waals surface area contributed by atoms with E-state index in [1.807, 2.05) is 46.9 Å². The Morgan fingerprint density at radius 3 is 1.38 bits per heavy atom. The number of anilines is 3. The second-order valence-electron chi connectivity index (χ2n) is 14.3. The van der Waals surface area contributed by atoms with Crippen molar-refractivity contribution < 1.29 is 0 Å². The van der Waals surface area contributed by atoms with Crippen LogP contribution in [0.1, 0.15) is 0 Å². The zero-order valence-electron chi connectivity index (χ0n) is 29.9. The Labute approximate surface area is 329 Å². The quantitative estimate of drug-likeness (QED) is 0.176. The molecule has 0 amide bonds. The van der Waals surface area contributed by atoms with E-state index in [1.54, 1.807) is 4.80 Å². The Morgan fingerprint density at radius 2 is 0.839 bits per heavy atom. The van der Waals surface area contributed by atoms with Crippen LogP contribution in [0, 0.1) is 0 Å². The van der Waals surface area contributed by atoms with Gasteiger partial charge in [0.25, 0.3) is 0 Å². The third-order valence-corrected chi connectivity index (χ3v) is 13.3. The first-order chi connectivity index (χ1) is 27.7. The van der Waals surface area contributed by atoms with Crippen LogP contribution in [0.2, 0.25) is 0 Å². The second kappa shape index (κ2) is 12.3. The maximum atomic E-state index is 4.66. The van der Waals surface area contributed by atoms with Crippen molar-refractivity contribution in [2.45, 2.75) is 0 Å². The first-order valence-corrected chi connectivity index (χ1v) is 20.4. The van der Waals surface area contributed by atoms with Crippen molar-refractivity contribution in [1.82, 2.24) is 15.0 Å². The molecule has 0 fully saturated rings. The van der Waals surface area contributed by atoms with Gasteiger partial charge in [0, 0.05) is 57.4 Å². The monoisotopic (exact) mass is 750 g/mol. The molecule has 6 heteroatoms. The third kappa shape index (κ3) is 4.97. The second-order valence-corrected chi connectivity index (χ2v) is 16.5. The van der Waals surface area contributed by atoms with Gasteiger partial charge in [-0.05, 0) is 105 Å². The van der Waals surface area contributed by atoms with Gasteiger partial charge in [0.1, 0.15) is 11.0 Å². The van der Waals surface area contributed by atoms with Crippen molar-refractivity contribution in [3.63, 3.8) is 0 Å². The molecule has 4 nitrogen and oxygen atoms in total. The number of benzene rings is 9. The zero-order chi connectivity index (χ0) is 36.7.